The topological polar surface area (TPSA) is 60.4 Å². The summed E-state index contributed by atoms with van der Waals surface area (Å²) in [5.41, 5.74) is 4.09. The highest BCUT2D eigenvalue weighted by Gasteiger charge is 2.09. The van der Waals surface area contributed by atoms with Gasteiger partial charge in [-0.3, -0.25) is 4.79 Å². The number of nitrogens with one attached hydrogen (secondary N) is 1. The molecule has 0 fully saturated rings. The van der Waals surface area contributed by atoms with Crippen molar-refractivity contribution in [2.75, 3.05) is 6.61 Å². The molecule has 5 heteroatoms. The smallest absolute Gasteiger partial charge is 0.308 e. The average molecular weight is 328 g/mol. The fourth-order valence-corrected chi connectivity index (χ4v) is 2.61. The normalized spacial score (nSPS) is 10.5. The van der Waals surface area contributed by atoms with Crippen LogP contribution in [-0.4, -0.2) is 17.6 Å². The summed E-state index contributed by atoms with van der Waals surface area (Å²) < 4.78 is 10.8. The standard InChI is InChI=1S/C19H24N2O3/c1-5-23-19-17(7-6-8-21-19)12-20-11-16-9-13(2)18(14(3)10-16)24-15(4)22/h6-10,20H,5,11-12H2,1-4H3. The van der Waals surface area contributed by atoms with Gasteiger partial charge in [0, 0.05) is 31.8 Å². The molecule has 0 spiro atoms. The summed E-state index contributed by atoms with van der Waals surface area (Å²) >= 11 is 0. The molecule has 0 bridgehead atoms. The van der Waals surface area contributed by atoms with E-state index in [0.717, 1.165) is 22.3 Å². The van der Waals surface area contributed by atoms with Crippen LogP contribution in [0.1, 0.15) is 36.1 Å². The van der Waals surface area contributed by atoms with E-state index in [1.54, 1.807) is 6.20 Å². The number of rotatable bonds is 7. The zero-order valence-electron chi connectivity index (χ0n) is 14.7. The Balaban J connectivity index is 2.01. The van der Waals surface area contributed by atoms with E-state index < -0.39 is 0 Å². The molecular weight excluding hydrogens is 304 g/mol. The summed E-state index contributed by atoms with van der Waals surface area (Å²) in [5.74, 6) is 1.02. The maximum atomic E-state index is 11.2. The van der Waals surface area contributed by atoms with E-state index in [1.165, 1.54) is 6.92 Å². The van der Waals surface area contributed by atoms with Crippen molar-refractivity contribution >= 4 is 5.97 Å². The number of nitrogens with zero attached hydrogens (tertiary/aromatic N) is 1. The number of hydrogen-bond donors (Lipinski definition) is 1. The van der Waals surface area contributed by atoms with Gasteiger partial charge >= 0.3 is 5.97 Å². The molecule has 1 aromatic heterocycles. The highest BCUT2D eigenvalue weighted by Crippen LogP contribution is 2.25. The summed E-state index contributed by atoms with van der Waals surface area (Å²) in [6.45, 7) is 9.24. The number of aromatic nitrogens is 1. The molecule has 0 saturated carbocycles. The van der Waals surface area contributed by atoms with Gasteiger partial charge in [-0.05, 0) is 43.5 Å². The monoisotopic (exact) mass is 328 g/mol. The molecule has 0 aliphatic heterocycles. The third-order valence-corrected chi connectivity index (χ3v) is 3.54. The highest BCUT2D eigenvalue weighted by atomic mass is 16.5. The second-order valence-corrected chi connectivity index (χ2v) is 5.66. The van der Waals surface area contributed by atoms with E-state index in [1.807, 2.05) is 45.0 Å². The minimum absolute atomic E-state index is 0.299. The van der Waals surface area contributed by atoms with E-state index >= 15 is 0 Å². The Morgan fingerprint density at radius 3 is 2.54 bits per heavy atom. The lowest BCUT2D eigenvalue weighted by Crippen LogP contribution is -2.14. The Kier molecular flexibility index (Phi) is 6.32. The third-order valence-electron chi connectivity index (χ3n) is 3.54. The van der Waals surface area contributed by atoms with E-state index in [2.05, 4.69) is 10.3 Å². The molecule has 0 radical (unpaired) electrons. The lowest BCUT2D eigenvalue weighted by Gasteiger charge is -2.13. The molecule has 1 heterocycles. The Morgan fingerprint density at radius 2 is 1.92 bits per heavy atom. The maximum absolute atomic E-state index is 11.2. The second kappa shape index (κ2) is 8.45. The summed E-state index contributed by atoms with van der Waals surface area (Å²) in [4.78, 5) is 15.4. The zero-order chi connectivity index (χ0) is 17.5. The van der Waals surface area contributed by atoms with Crippen LogP contribution in [0, 0.1) is 13.8 Å². The van der Waals surface area contributed by atoms with E-state index in [0.29, 0.717) is 31.3 Å². The number of hydrogen-bond acceptors (Lipinski definition) is 5. The molecule has 0 unspecified atom stereocenters. The van der Waals surface area contributed by atoms with Crippen LogP contribution in [0.5, 0.6) is 11.6 Å². The number of benzene rings is 1. The van der Waals surface area contributed by atoms with Crippen LogP contribution in [-0.2, 0) is 17.9 Å². The predicted molar refractivity (Wildman–Crippen MR) is 93.2 cm³/mol. The zero-order valence-corrected chi connectivity index (χ0v) is 14.7. The van der Waals surface area contributed by atoms with Crippen LogP contribution >= 0.6 is 0 Å². The van der Waals surface area contributed by atoms with Crippen LogP contribution in [0.3, 0.4) is 0 Å². The molecule has 2 rings (SSSR count). The van der Waals surface area contributed by atoms with Crippen molar-refractivity contribution in [2.24, 2.45) is 0 Å². The van der Waals surface area contributed by atoms with Gasteiger partial charge in [0.25, 0.3) is 0 Å². The third kappa shape index (κ3) is 4.80. The van der Waals surface area contributed by atoms with Gasteiger partial charge in [-0.15, -0.1) is 0 Å². The van der Waals surface area contributed by atoms with Gasteiger partial charge in [0.15, 0.2) is 0 Å². The number of carbonyl (C=O) groups is 1. The summed E-state index contributed by atoms with van der Waals surface area (Å²) in [6, 6.07) is 7.98. The number of pyridine rings is 1. The summed E-state index contributed by atoms with van der Waals surface area (Å²) in [6.07, 6.45) is 1.73. The lowest BCUT2D eigenvalue weighted by molar-refractivity contribution is -0.131. The largest absolute Gasteiger partial charge is 0.478 e. The number of aryl methyl sites for hydroxylation is 2. The Hall–Kier alpha value is -2.40. The van der Waals surface area contributed by atoms with E-state index in [-0.39, 0.29) is 5.97 Å². The van der Waals surface area contributed by atoms with E-state index in [9.17, 15) is 4.79 Å². The van der Waals surface area contributed by atoms with Crippen LogP contribution in [0.25, 0.3) is 0 Å². The first-order chi connectivity index (χ1) is 11.5. The van der Waals surface area contributed by atoms with Gasteiger partial charge in [0.2, 0.25) is 5.88 Å². The summed E-state index contributed by atoms with van der Waals surface area (Å²) in [7, 11) is 0. The van der Waals surface area contributed by atoms with Crippen LogP contribution in [0.4, 0.5) is 0 Å². The molecule has 0 saturated heterocycles. The number of carbonyl (C=O) groups excluding carboxylic acids is 1. The first kappa shape index (κ1) is 17.9. The maximum Gasteiger partial charge on any atom is 0.308 e. The molecule has 2 aromatic rings. The fourth-order valence-electron chi connectivity index (χ4n) is 2.61. The molecular formula is C19H24N2O3. The molecule has 1 N–H and O–H groups in total. The van der Waals surface area contributed by atoms with Crippen LogP contribution < -0.4 is 14.8 Å². The quantitative estimate of drug-likeness (QED) is 0.624. The number of ether oxygens (including phenoxy) is 2. The molecule has 5 nitrogen and oxygen atoms in total. The van der Waals surface area contributed by atoms with Crippen molar-refractivity contribution in [1.29, 1.82) is 0 Å². The van der Waals surface area contributed by atoms with Gasteiger partial charge in [-0.1, -0.05) is 18.2 Å². The first-order valence-electron chi connectivity index (χ1n) is 8.07. The van der Waals surface area contributed by atoms with Gasteiger partial charge in [0.05, 0.1) is 6.61 Å². The van der Waals surface area contributed by atoms with Gasteiger partial charge < -0.3 is 14.8 Å². The molecule has 1 aromatic carbocycles. The average Bonchev–Trinajstić information content (AvgIpc) is 2.53. The molecule has 24 heavy (non-hydrogen) atoms. The number of esters is 1. The van der Waals surface area contributed by atoms with E-state index in [4.69, 9.17) is 9.47 Å². The Morgan fingerprint density at radius 1 is 1.21 bits per heavy atom. The van der Waals surface area contributed by atoms with Crippen LogP contribution in [0.2, 0.25) is 0 Å². The predicted octanol–water partition coefficient (Wildman–Crippen LogP) is 3.31. The van der Waals surface area contributed by atoms with Gasteiger partial charge in [0.1, 0.15) is 5.75 Å². The van der Waals surface area contributed by atoms with Crippen LogP contribution in [0.15, 0.2) is 30.5 Å². The first-order valence-corrected chi connectivity index (χ1v) is 8.07. The molecule has 0 aliphatic rings. The lowest BCUT2D eigenvalue weighted by atomic mass is 10.1. The molecule has 128 valence electrons. The van der Waals surface area contributed by atoms with Crippen molar-refractivity contribution in [1.82, 2.24) is 10.3 Å². The molecule has 0 amide bonds. The van der Waals surface area contributed by atoms with Gasteiger partial charge in [-0.25, -0.2) is 4.98 Å². The Labute approximate surface area is 143 Å². The SMILES string of the molecule is CCOc1ncccc1CNCc1cc(C)c(OC(C)=O)c(C)c1. The minimum Gasteiger partial charge on any atom is -0.478 e. The summed E-state index contributed by atoms with van der Waals surface area (Å²) in [5, 5.41) is 3.40. The Bertz CT molecular complexity index is 691. The van der Waals surface area contributed by atoms with Gasteiger partial charge in [-0.2, -0.15) is 0 Å². The fraction of sp³-hybridized carbons (Fsp3) is 0.368. The second-order valence-electron chi connectivity index (χ2n) is 5.66. The minimum atomic E-state index is -0.299. The molecule has 0 atom stereocenters. The van der Waals surface area contributed by atoms with Crippen molar-refractivity contribution < 1.29 is 14.3 Å². The highest BCUT2D eigenvalue weighted by molar-refractivity contribution is 5.70. The van der Waals surface area contributed by atoms with Crippen molar-refractivity contribution in [3.8, 4) is 11.6 Å². The van der Waals surface area contributed by atoms with Crippen molar-refractivity contribution in [3.05, 3.63) is 52.7 Å². The molecule has 0 aliphatic carbocycles. The van der Waals surface area contributed by atoms with Crippen molar-refractivity contribution in [3.63, 3.8) is 0 Å². The van der Waals surface area contributed by atoms with Crippen molar-refractivity contribution in [2.45, 2.75) is 40.8 Å².